The summed E-state index contributed by atoms with van der Waals surface area (Å²) in [6, 6.07) is 16.1. The van der Waals surface area contributed by atoms with Crippen LogP contribution in [-0.4, -0.2) is 11.2 Å². The Balaban J connectivity index is 1.98. The van der Waals surface area contributed by atoms with E-state index in [9.17, 15) is 5.11 Å². The maximum atomic E-state index is 10.1. The highest BCUT2D eigenvalue weighted by atomic mass is 79.9. The van der Waals surface area contributed by atoms with E-state index in [-0.39, 0.29) is 6.10 Å². The fourth-order valence-corrected chi connectivity index (χ4v) is 2.84. The van der Waals surface area contributed by atoms with Crippen molar-refractivity contribution in [2.45, 2.75) is 18.9 Å². The molecule has 0 atom stereocenters. The lowest BCUT2D eigenvalue weighted by Crippen LogP contribution is -2.13. The van der Waals surface area contributed by atoms with E-state index in [1.54, 1.807) is 0 Å². The second kappa shape index (κ2) is 6.50. The Morgan fingerprint density at radius 2 is 1.28 bits per heavy atom. The number of rotatable bonds is 4. The second-order valence-corrected chi connectivity index (χ2v) is 6.15. The normalized spacial score (nSPS) is 10.9. The number of aliphatic hydroxyl groups is 1. The summed E-state index contributed by atoms with van der Waals surface area (Å²) in [6.07, 6.45) is 0.992. The van der Waals surface area contributed by atoms with E-state index >= 15 is 0 Å². The molecule has 0 aromatic heterocycles. The molecular formula is C15H14Br2O. The van der Waals surface area contributed by atoms with Gasteiger partial charge in [-0.3, -0.25) is 0 Å². The molecule has 2 rings (SSSR count). The van der Waals surface area contributed by atoms with Gasteiger partial charge in [0.1, 0.15) is 0 Å². The molecule has 0 amide bonds. The Bertz CT molecular complexity index is 478. The SMILES string of the molecule is OC(Cc1cccc(Br)c1)Cc1cccc(Br)c1. The molecular weight excluding hydrogens is 356 g/mol. The predicted octanol–water partition coefficient (Wildman–Crippen LogP) is 4.36. The Morgan fingerprint density at radius 1 is 0.833 bits per heavy atom. The average Bonchev–Trinajstić information content (AvgIpc) is 2.28. The van der Waals surface area contributed by atoms with Crippen LogP contribution < -0.4 is 0 Å². The van der Waals surface area contributed by atoms with Gasteiger partial charge in [0.25, 0.3) is 0 Å². The van der Waals surface area contributed by atoms with Gasteiger partial charge in [-0.2, -0.15) is 0 Å². The first-order valence-electron chi connectivity index (χ1n) is 5.80. The maximum absolute atomic E-state index is 10.1. The van der Waals surface area contributed by atoms with Crippen LogP contribution in [0.15, 0.2) is 57.5 Å². The van der Waals surface area contributed by atoms with E-state index < -0.39 is 0 Å². The molecule has 0 bridgehead atoms. The Kier molecular flexibility index (Phi) is 4.98. The van der Waals surface area contributed by atoms with Gasteiger partial charge in [-0.05, 0) is 48.2 Å². The molecule has 94 valence electrons. The number of hydrogen-bond acceptors (Lipinski definition) is 1. The molecule has 0 saturated heterocycles. The fourth-order valence-electron chi connectivity index (χ4n) is 1.94. The lowest BCUT2D eigenvalue weighted by Gasteiger charge is -2.11. The van der Waals surface area contributed by atoms with Crippen LogP contribution in [0.2, 0.25) is 0 Å². The number of aliphatic hydroxyl groups excluding tert-OH is 1. The molecule has 0 fully saturated rings. The zero-order chi connectivity index (χ0) is 13.0. The molecule has 0 aliphatic heterocycles. The molecule has 0 aliphatic rings. The molecule has 2 aromatic carbocycles. The summed E-state index contributed by atoms with van der Waals surface area (Å²) in [5.41, 5.74) is 2.29. The zero-order valence-corrected chi connectivity index (χ0v) is 13.0. The summed E-state index contributed by atoms with van der Waals surface area (Å²) >= 11 is 6.88. The first kappa shape index (κ1) is 13.8. The van der Waals surface area contributed by atoms with Crippen molar-refractivity contribution in [2.75, 3.05) is 0 Å². The third kappa shape index (κ3) is 4.23. The molecule has 0 radical (unpaired) electrons. The van der Waals surface area contributed by atoms with Crippen molar-refractivity contribution in [1.82, 2.24) is 0 Å². The highest BCUT2D eigenvalue weighted by Gasteiger charge is 2.07. The lowest BCUT2D eigenvalue weighted by atomic mass is 10.0. The van der Waals surface area contributed by atoms with E-state index in [1.807, 2.05) is 48.5 Å². The second-order valence-electron chi connectivity index (χ2n) is 4.32. The first-order valence-corrected chi connectivity index (χ1v) is 7.39. The summed E-state index contributed by atoms with van der Waals surface area (Å²) in [5, 5.41) is 10.1. The fraction of sp³-hybridized carbons (Fsp3) is 0.200. The molecule has 3 heteroatoms. The molecule has 0 spiro atoms. The van der Waals surface area contributed by atoms with Crippen molar-refractivity contribution >= 4 is 31.9 Å². The molecule has 18 heavy (non-hydrogen) atoms. The van der Waals surface area contributed by atoms with Gasteiger partial charge in [0.15, 0.2) is 0 Å². The molecule has 0 unspecified atom stereocenters. The van der Waals surface area contributed by atoms with E-state index in [0.29, 0.717) is 12.8 Å². The van der Waals surface area contributed by atoms with Crippen LogP contribution in [0.4, 0.5) is 0 Å². The minimum absolute atomic E-state index is 0.353. The smallest absolute Gasteiger partial charge is 0.0620 e. The minimum Gasteiger partial charge on any atom is -0.392 e. The minimum atomic E-state index is -0.353. The monoisotopic (exact) mass is 368 g/mol. The summed E-state index contributed by atoms with van der Waals surface area (Å²) in [4.78, 5) is 0. The van der Waals surface area contributed by atoms with Gasteiger partial charge in [-0.25, -0.2) is 0 Å². The predicted molar refractivity (Wildman–Crippen MR) is 81.7 cm³/mol. The molecule has 0 aliphatic carbocycles. The van der Waals surface area contributed by atoms with Crippen LogP contribution in [0, 0.1) is 0 Å². The van der Waals surface area contributed by atoms with Gasteiger partial charge < -0.3 is 5.11 Å². The Labute approximate surface area is 124 Å². The van der Waals surface area contributed by atoms with Gasteiger partial charge >= 0.3 is 0 Å². The van der Waals surface area contributed by atoms with Crippen LogP contribution >= 0.6 is 31.9 Å². The third-order valence-corrected chi connectivity index (χ3v) is 3.71. The number of halogens is 2. The highest BCUT2D eigenvalue weighted by Crippen LogP contribution is 2.16. The molecule has 2 aromatic rings. The largest absolute Gasteiger partial charge is 0.392 e. The van der Waals surface area contributed by atoms with Gasteiger partial charge in [-0.15, -0.1) is 0 Å². The summed E-state index contributed by atoms with van der Waals surface area (Å²) in [5.74, 6) is 0. The lowest BCUT2D eigenvalue weighted by molar-refractivity contribution is 0.175. The van der Waals surface area contributed by atoms with Gasteiger partial charge in [0, 0.05) is 8.95 Å². The van der Waals surface area contributed by atoms with Crippen molar-refractivity contribution in [3.05, 3.63) is 68.6 Å². The van der Waals surface area contributed by atoms with Crippen LogP contribution in [0.1, 0.15) is 11.1 Å². The van der Waals surface area contributed by atoms with Crippen molar-refractivity contribution in [2.24, 2.45) is 0 Å². The first-order chi connectivity index (χ1) is 8.63. The van der Waals surface area contributed by atoms with Crippen LogP contribution in [0.3, 0.4) is 0 Å². The summed E-state index contributed by atoms with van der Waals surface area (Å²) < 4.78 is 2.10. The number of hydrogen-bond donors (Lipinski definition) is 1. The number of benzene rings is 2. The third-order valence-electron chi connectivity index (χ3n) is 2.72. The van der Waals surface area contributed by atoms with Gasteiger partial charge in [0.05, 0.1) is 6.10 Å². The van der Waals surface area contributed by atoms with E-state index in [4.69, 9.17) is 0 Å². The highest BCUT2D eigenvalue weighted by molar-refractivity contribution is 9.10. The van der Waals surface area contributed by atoms with Crippen molar-refractivity contribution in [3.8, 4) is 0 Å². The van der Waals surface area contributed by atoms with Crippen molar-refractivity contribution in [3.63, 3.8) is 0 Å². The van der Waals surface area contributed by atoms with Crippen molar-refractivity contribution in [1.29, 1.82) is 0 Å². The van der Waals surface area contributed by atoms with E-state index in [2.05, 4.69) is 31.9 Å². The summed E-state index contributed by atoms with van der Waals surface area (Å²) in [7, 11) is 0. The molecule has 1 N–H and O–H groups in total. The maximum Gasteiger partial charge on any atom is 0.0620 e. The van der Waals surface area contributed by atoms with Crippen molar-refractivity contribution < 1.29 is 5.11 Å². The van der Waals surface area contributed by atoms with Gasteiger partial charge in [-0.1, -0.05) is 56.1 Å². The van der Waals surface area contributed by atoms with Crippen LogP contribution in [0.25, 0.3) is 0 Å². The van der Waals surface area contributed by atoms with E-state index in [1.165, 1.54) is 0 Å². The van der Waals surface area contributed by atoms with Crippen LogP contribution in [-0.2, 0) is 12.8 Å². The Hall–Kier alpha value is -0.640. The molecule has 0 saturated carbocycles. The van der Waals surface area contributed by atoms with E-state index in [0.717, 1.165) is 20.1 Å². The van der Waals surface area contributed by atoms with Crippen LogP contribution in [0.5, 0.6) is 0 Å². The molecule has 0 heterocycles. The Morgan fingerprint density at radius 3 is 1.67 bits per heavy atom. The zero-order valence-electron chi connectivity index (χ0n) is 9.81. The quantitative estimate of drug-likeness (QED) is 0.848. The standard InChI is InChI=1S/C15H14Br2O/c16-13-5-1-3-11(7-13)9-15(18)10-12-4-2-6-14(17)8-12/h1-8,15,18H,9-10H2. The topological polar surface area (TPSA) is 20.2 Å². The molecule has 1 nitrogen and oxygen atoms in total. The summed E-state index contributed by atoms with van der Waals surface area (Å²) in [6.45, 7) is 0. The van der Waals surface area contributed by atoms with Gasteiger partial charge in [0.2, 0.25) is 0 Å². The average molecular weight is 370 g/mol.